The summed E-state index contributed by atoms with van der Waals surface area (Å²) in [7, 11) is 0. The van der Waals surface area contributed by atoms with Gasteiger partial charge >= 0.3 is 5.97 Å². The first-order valence-corrected chi connectivity index (χ1v) is 13.2. The first-order valence-electron chi connectivity index (χ1n) is 11.8. The molecule has 0 aliphatic heterocycles. The number of hydrogen-bond donors (Lipinski definition) is 7. The van der Waals surface area contributed by atoms with Gasteiger partial charge in [-0.2, -0.15) is 11.8 Å². The van der Waals surface area contributed by atoms with E-state index in [9.17, 15) is 24.3 Å². The molecule has 35 heavy (non-hydrogen) atoms. The number of guanidine groups is 1. The van der Waals surface area contributed by atoms with E-state index in [-0.39, 0.29) is 37.2 Å². The van der Waals surface area contributed by atoms with Crippen molar-refractivity contribution in [1.29, 1.82) is 0 Å². The molecule has 202 valence electrons. The monoisotopic (exact) mass is 517 g/mol. The predicted molar refractivity (Wildman–Crippen MR) is 139 cm³/mol. The second kappa shape index (κ2) is 17.0. The standard InChI is InChI=1S/C22H43N7O5S/c1-6-13(4)17(21(33)34)29-19(31)15(9-11-35-5)27-18(30)14(8-7-10-26-22(24)25)28-20(32)16(23)12(2)3/h12-17H,6-11,23H2,1-5H3,(H,27,30)(H,28,32)(H,29,31)(H,33,34)(H4,24,25,26). The first-order chi connectivity index (χ1) is 16.3. The molecule has 0 rings (SSSR count). The highest BCUT2D eigenvalue weighted by Gasteiger charge is 2.31. The number of aliphatic carboxylic acids is 1. The number of nitrogens with one attached hydrogen (secondary N) is 3. The van der Waals surface area contributed by atoms with Gasteiger partial charge in [-0.1, -0.05) is 34.1 Å². The Morgan fingerprint density at radius 1 is 0.943 bits per heavy atom. The van der Waals surface area contributed by atoms with Crippen molar-refractivity contribution in [3.63, 3.8) is 0 Å². The Kier molecular flexibility index (Phi) is 15.7. The fourth-order valence-corrected chi connectivity index (χ4v) is 3.53. The summed E-state index contributed by atoms with van der Waals surface area (Å²) >= 11 is 1.48. The fraction of sp³-hybridized carbons (Fsp3) is 0.773. The van der Waals surface area contributed by atoms with E-state index >= 15 is 0 Å². The average molecular weight is 518 g/mol. The van der Waals surface area contributed by atoms with Gasteiger partial charge in [-0.05, 0) is 43.1 Å². The molecule has 0 saturated heterocycles. The Bertz CT molecular complexity index is 731. The van der Waals surface area contributed by atoms with Crippen LogP contribution in [-0.2, 0) is 19.2 Å². The van der Waals surface area contributed by atoms with E-state index < -0.39 is 47.9 Å². The number of thioether (sulfide) groups is 1. The summed E-state index contributed by atoms with van der Waals surface area (Å²) in [5.74, 6) is -2.77. The highest BCUT2D eigenvalue weighted by Crippen LogP contribution is 2.10. The van der Waals surface area contributed by atoms with E-state index in [1.54, 1.807) is 20.8 Å². The molecule has 0 bridgehead atoms. The second-order valence-corrected chi connectivity index (χ2v) is 9.82. The van der Waals surface area contributed by atoms with Crippen LogP contribution in [0, 0.1) is 11.8 Å². The van der Waals surface area contributed by atoms with Crippen molar-refractivity contribution >= 4 is 41.4 Å². The van der Waals surface area contributed by atoms with Crippen LogP contribution in [0.1, 0.15) is 53.4 Å². The lowest BCUT2D eigenvalue weighted by atomic mass is 9.98. The van der Waals surface area contributed by atoms with Gasteiger partial charge in [-0.15, -0.1) is 0 Å². The van der Waals surface area contributed by atoms with E-state index in [0.717, 1.165) is 0 Å². The summed E-state index contributed by atoms with van der Waals surface area (Å²) in [6, 6.07) is -3.85. The van der Waals surface area contributed by atoms with Gasteiger partial charge < -0.3 is 38.3 Å². The number of hydrogen-bond acceptors (Lipinski definition) is 7. The van der Waals surface area contributed by atoms with Gasteiger partial charge in [0.15, 0.2) is 5.96 Å². The second-order valence-electron chi connectivity index (χ2n) is 8.83. The summed E-state index contributed by atoms with van der Waals surface area (Å²) in [6.45, 7) is 7.39. The van der Waals surface area contributed by atoms with Crippen LogP contribution in [0.5, 0.6) is 0 Å². The van der Waals surface area contributed by atoms with Crippen LogP contribution in [0.25, 0.3) is 0 Å². The van der Waals surface area contributed by atoms with Crippen LogP contribution in [0.2, 0.25) is 0 Å². The lowest BCUT2D eigenvalue weighted by molar-refractivity contribution is -0.143. The molecule has 0 aromatic rings. The largest absolute Gasteiger partial charge is 0.480 e. The molecule has 0 aromatic heterocycles. The van der Waals surface area contributed by atoms with E-state index in [4.69, 9.17) is 17.2 Å². The quantitative estimate of drug-likeness (QED) is 0.0740. The molecule has 0 heterocycles. The molecule has 5 atom stereocenters. The van der Waals surface area contributed by atoms with Crippen molar-refractivity contribution in [2.24, 2.45) is 34.0 Å². The molecule has 0 aliphatic carbocycles. The number of rotatable bonds is 17. The summed E-state index contributed by atoms with van der Waals surface area (Å²) in [6.07, 6.45) is 3.30. The lowest BCUT2D eigenvalue weighted by Gasteiger charge is -2.27. The van der Waals surface area contributed by atoms with Crippen molar-refractivity contribution in [3.8, 4) is 0 Å². The molecule has 3 amide bonds. The van der Waals surface area contributed by atoms with Crippen molar-refractivity contribution in [1.82, 2.24) is 16.0 Å². The third-order valence-corrected chi connectivity index (χ3v) is 6.26. The van der Waals surface area contributed by atoms with Gasteiger partial charge in [0, 0.05) is 6.54 Å². The van der Waals surface area contributed by atoms with Crippen LogP contribution < -0.4 is 33.2 Å². The van der Waals surface area contributed by atoms with Crippen LogP contribution in [-0.4, -0.2) is 77.5 Å². The molecule has 5 unspecified atom stereocenters. The predicted octanol–water partition coefficient (Wildman–Crippen LogP) is -0.638. The fourth-order valence-electron chi connectivity index (χ4n) is 3.06. The van der Waals surface area contributed by atoms with E-state index in [0.29, 0.717) is 18.6 Å². The minimum atomic E-state index is -1.14. The number of nitrogens with two attached hydrogens (primary N) is 3. The molecular weight excluding hydrogens is 474 g/mol. The van der Waals surface area contributed by atoms with Gasteiger partial charge in [-0.25, -0.2) is 4.79 Å². The Morgan fingerprint density at radius 2 is 1.49 bits per heavy atom. The van der Waals surface area contributed by atoms with Gasteiger partial charge in [0.25, 0.3) is 0 Å². The maximum absolute atomic E-state index is 13.1. The maximum atomic E-state index is 13.1. The third-order valence-electron chi connectivity index (χ3n) is 5.62. The Hall–Kier alpha value is -2.54. The molecule has 0 fully saturated rings. The number of aliphatic imine (C=N–C) groups is 1. The number of carbonyl (C=O) groups excluding carboxylic acids is 3. The molecule has 13 heteroatoms. The molecule has 12 nitrogen and oxygen atoms in total. The third kappa shape index (κ3) is 12.6. The highest BCUT2D eigenvalue weighted by atomic mass is 32.2. The Balaban J connectivity index is 5.60. The molecule has 0 saturated carbocycles. The topological polar surface area (TPSA) is 215 Å². The average Bonchev–Trinajstić information content (AvgIpc) is 2.79. The van der Waals surface area contributed by atoms with Crippen molar-refractivity contribution in [2.45, 2.75) is 77.5 Å². The minimum Gasteiger partial charge on any atom is -0.480 e. The van der Waals surface area contributed by atoms with Gasteiger partial charge in [0.05, 0.1) is 6.04 Å². The van der Waals surface area contributed by atoms with E-state index in [1.165, 1.54) is 11.8 Å². The zero-order valence-electron chi connectivity index (χ0n) is 21.4. The smallest absolute Gasteiger partial charge is 0.326 e. The van der Waals surface area contributed by atoms with Crippen LogP contribution in [0.4, 0.5) is 0 Å². The first kappa shape index (κ1) is 32.5. The van der Waals surface area contributed by atoms with Crippen molar-refractivity contribution in [2.75, 3.05) is 18.6 Å². The number of carbonyl (C=O) groups is 4. The summed E-state index contributed by atoms with van der Waals surface area (Å²) in [4.78, 5) is 54.1. The highest BCUT2D eigenvalue weighted by molar-refractivity contribution is 7.98. The molecule has 10 N–H and O–H groups in total. The van der Waals surface area contributed by atoms with Gasteiger partial charge in [0.2, 0.25) is 17.7 Å². The summed E-state index contributed by atoms with van der Waals surface area (Å²) < 4.78 is 0. The Morgan fingerprint density at radius 3 is 1.97 bits per heavy atom. The Labute approximate surface area is 212 Å². The van der Waals surface area contributed by atoms with Crippen LogP contribution in [0.3, 0.4) is 0 Å². The normalized spacial score (nSPS) is 15.3. The SMILES string of the molecule is CCC(C)C(NC(=O)C(CCSC)NC(=O)C(CCCN=C(N)N)NC(=O)C(N)C(C)C)C(=O)O. The van der Waals surface area contributed by atoms with Crippen LogP contribution in [0.15, 0.2) is 4.99 Å². The number of carboxylic acids is 1. The lowest BCUT2D eigenvalue weighted by Crippen LogP contribution is -2.58. The van der Waals surface area contributed by atoms with Gasteiger partial charge in [0.1, 0.15) is 18.1 Å². The molecule has 0 aromatic carbocycles. The maximum Gasteiger partial charge on any atom is 0.326 e. The van der Waals surface area contributed by atoms with Gasteiger partial charge in [-0.3, -0.25) is 19.4 Å². The number of nitrogens with zero attached hydrogens (tertiary/aromatic N) is 1. The molecule has 0 spiro atoms. The van der Waals surface area contributed by atoms with E-state index in [2.05, 4.69) is 20.9 Å². The zero-order chi connectivity index (χ0) is 27.1. The molecule has 0 radical (unpaired) electrons. The van der Waals surface area contributed by atoms with Crippen molar-refractivity contribution in [3.05, 3.63) is 0 Å². The zero-order valence-corrected chi connectivity index (χ0v) is 22.2. The van der Waals surface area contributed by atoms with Crippen LogP contribution >= 0.6 is 11.8 Å². The summed E-state index contributed by atoms with van der Waals surface area (Å²) in [5.41, 5.74) is 16.6. The summed E-state index contributed by atoms with van der Waals surface area (Å²) in [5, 5.41) is 17.4. The minimum absolute atomic E-state index is 0.0834. The molecular formula is C22H43N7O5S. The number of amides is 3. The number of carboxylic acid groups (broad SMARTS) is 1. The van der Waals surface area contributed by atoms with E-state index in [1.807, 2.05) is 13.2 Å². The van der Waals surface area contributed by atoms with Crippen molar-refractivity contribution < 1.29 is 24.3 Å². The molecule has 0 aliphatic rings.